The molecule has 120 valence electrons. The van der Waals surface area contributed by atoms with Gasteiger partial charge in [-0.2, -0.15) is 15.0 Å². The number of hydrogen-bond donors (Lipinski definition) is 0. The number of aromatic nitrogens is 3. The van der Waals surface area contributed by atoms with Crippen LogP contribution in [0.1, 0.15) is 42.1 Å². The van der Waals surface area contributed by atoms with E-state index in [4.69, 9.17) is 0 Å². The Kier molecular flexibility index (Phi) is 3.85. The number of carbonyl (C=O) groups excluding carboxylic acids is 1. The molecule has 2 aliphatic rings. The maximum Gasteiger partial charge on any atom is 0.254 e. The van der Waals surface area contributed by atoms with Crippen molar-refractivity contribution in [1.82, 2.24) is 19.9 Å². The Balaban J connectivity index is 1.55. The lowest BCUT2D eigenvalue weighted by atomic mass is 9.96. The van der Waals surface area contributed by atoms with Crippen molar-refractivity contribution in [3.8, 4) is 0 Å². The summed E-state index contributed by atoms with van der Waals surface area (Å²) >= 11 is 1.67. The van der Waals surface area contributed by atoms with Crippen LogP contribution in [-0.2, 0) is 0 Å². The average molecular weight is 328 g/mol. The molecule has 1 aromatic carbocycles. The van der Waals surface area contributed by atoms with E-state index >= 15 is 0 Å². The van der Waals surface area contributed by atoms with Crippen LogP contribution in [0.5, 0.6) is 0 Å². The van der Waals surface area contributed by atoms with Crippen LogP contribution in [0.2, 0.25) is 0 Å². The Hall–Kier alpha value is -1.82. The van der Waals surface area contributed by atoms with Crippen LogP contribution in [0.3, 0.4) is 0 Å². The zero-order valence-electron chi connectivity index (χ0n) is 13.1. The lowest BCUT2D eigenvalue weighted by molar-refractivity contribution is 0.0512. The van der Waals surface area contributed by atoms with Crippen molar-refractivity contribution >= 4 is 17.7 Å². The highest BCUT2D eigenvalue weighted by Crippen LogP contribution is 2.41. The minimum atomic E-state index is 0.181. The third-order valence-electron chi connectivity index (χ3n) is 5.02. The largest absolute Gasteiger partial charge is 0.333 e. The van der Waals surface area contributed by atoms with E-state index in [1.165, 1.54) is 0 Å². The van der Waals surface area contributed by atoms with E-state index in [9.17, 15) is 4.79 Å². The number of thioether (sulfide) groups is 1. The molecule has 6 heteroatoms. The molecule has 2 atom stereocenters. The molecule has 3 heterocycles. The molecule has 0 saturated carbocycles. The van der Waals surface area contributed by atoms with Crippen LogP contribution in [-0.4, -0.2) is 44.1 Å². The summed E-state index contributed by atoms with van der Waals surface area (Å²) in [6.07, 6.45) is 9.60. The lowest BCUT2D eigenvalue weighted by Crippen LogP contribution is -2.47. The number of hydrogen-bond acceptors (Lipinski definition) is 4. The summed E-state index contributed by atoms with van der Waals surface area (Å²) in [6, 6.07) is 8.91. The van der Waals surface area contributed by atoms with Crippen molar-refractivity contribution in [2.75, 3.05) is 6.26 Å². The van der Waals surface area contributed by atoms with Gasteiger partial charge in [0.2, 0.25) is 0 Å². The maximum atomic E-state index is 13.0. The Morgan fingerprint density at radius 1 is 1.13 bits per heavy atom. The molecule has 1 aromatic heterocycles. The van der Waals surface area contributed by atoms with Gasteiger partial charge in [0.1, 0.15) is 0 Å². The Morgan fingerprint density at radius 3 is 2.48 bits per heavy atom. The third kappa shape index (κ3) is 2.65. The molecule has 5 nitrogen and oxygen atoms in total. The Bertz CT molecular complexity index is 688. The predicted molar refractivity (Wildman–Crippen MR) is 89.5 cm³/mol. The summed E-state index contributed by atoms with van der Waals surface area (Å²) in [5.74, 6) is 0.181. The first kappa shape index (κ1) is 14.8. The fraction of sp³-hybridized carbons (Fsp3) is 0.471. The highest BCUT2D eigenvalue weighted by molar-refractivity contribution is 7.98. The minimum Gasteiger partial charge on any atom is -0.333 e. The van der Waals surface area contributed by atoms with Gasteiger partial charge < -0.3 is 4.90 Å². The molecule has 0 aliphatic carbocycles. The van der Waals surface area contributed by atoms with Crippen molar-refractivity contribution in [3.05, 3.63) is 42.2 Å². The zero-order chi connectivity index (χ0) is 15.8. The highest BCUT2D eigenvalue weighted by atomic mass is 32.2. The average Bonchev–Trinajstić information content (AvgIpc) is 3.21. The second kappa shape index (κ2) is 6.00. The molecular formula is C17H20N4OS. The molecule has 0 N–H and O–H groups in total. The van der Waals surface area contributed by atoms with Crippen LogP contribution in [0, 0.1) is 0 Å². The van der Waals surface area contributed by atoms with Crippen molar-refractivity contribution in [1.29, 1.82) is 0 Å². The molecule has 2 aliphatic heterocycles. The number of amides is 1. The van der Waals surface area contributed by atoms with E-state index in [0.29, 0.717) is 18.1 Å². The molecule has 2 saturated heterocycles. The molecule has 2 aromatic rings. The van der Waals surface area contributed by atoms with Gasteiger partial charge >= 0.3 is 0 Å². The molecule has 23 heavy (non-hydrogen) atoms. The molecule has 2 unspecified atom stereocenters. The lowest BCUT2D eigenvalue weighted by Gasteiger charge is -2.38. The maximum absolute atomic E-state index is 13.0. The second-order valence-corrected chi connectivity index (χ2v) is 7.18. The minimum absolute atomic E-state index is 0.181. The quantitative estimate of drug-likeness (QED) is 0.813. The SMILES string of the molecule is CSc1cccc(C(=O)N2C3CCC2CC(n2nccn2)C3)c1. The van der Waals surface area contributed by atoms with E-state index in [1.54, 1.807) is 24.2 Å². The van der Waals surface area contributed by atoms with Crippen molar-refractivity contribution in [3.63, 3.8) is 0 Å². The number of benzene rings is 1. The van der Waals surface area contributed by atoms with E-state index in [-0.39, 0.29) is 5.91 Å². The molecular weight excluding hydrogens is 308 g/mol. The standard InChI is InChI=1S/C17H20N4OS/c1-23-16-4-2-3-12(9-16)17(22)20-13-5-6-14(20)11-15(10-13)21-18-7-8-19-21/h2-4,7-9,13-15H,5-6,10-11H2,1H3. The number of fused-ring (bicyclic) bond motifs is 2. The van der Waals surface area contributed by atoms with E-state index < -0.39 is 0 Å². The molecule has 2 bridgehead atoms. The van der Waals surface area contributed by atoms with Gasteiger partial charge in [-0.25, -0.2) is 0 Å². The summed E-state index contributed by atoms with van der Waals surface area (Å²) in [5.41, 5.74) is 0.810. The monoisotopic (exact) mass is 328 g/mol. The molecule has 0 spiro atoms. The highest BCUT2D eigenvalue weighted by Gasteiger charge is 2.44. The van der Waals surface area contributed by atoms with Crippen LogP contribution >= 0.6 is 11.8 Å². The fourth-order valence-electron chi connectivity index (χ4n) is 3.99. The smallest absolute Gasteiger partial charge is 0.254 e. The zero-order valence-corrected chi connectivity index (χ0v) is 13.9. The van der Waals surface area contributed by atoms with Gasteiger partial charge in [0.05, 0.1) is 18.4 Å². The van der Waals surface area contributed by atoms with E-state index in [1.807, 2.05) is 35.3 Å². The van der Waals surface area contributed by atoms with Gasteiger partial charge in [-0.05, 0) is 50.1 Å². The normalized spacial score (nSPS) is 26.5. The van der Waals surface area contributed by atoms with Crippen molar-refractivity contribution in [2.24, 2.45) is 0 Å². The van der Waals surface area contributed by atoms with E-state index in [2.05, 4.69) is 15.1 Å². The summed E-state index contributed by atoms with van der Waals surface area (Å²) in [5, 5.41) is 8.57. The summed E-state index contributed by atoms with van der Waals surface area (Å²) in [6.45, 7) is 0. The first-order valence-electron chi connectivity index (χ1n) is 8.09. The topological polar surface area (TPSA) is 51.0 Å². The van der Waals surface area contributed by atoms with Gasteiger partial charge in [0, 0.05) is 22.5 Å². The molecule has 4 rings (SSSR count). The van der Waals surface area contributed by atoms with Gasteiger partial charge in [0.15, 0.2) is 0 Å². The number of piperidine rings is 1. The van der Waals surface area contributed by atoms with Crippen LogP contribution in [0.15, 0.2) is 41.6 Å². The van der Waals surface area contributed by atoms with Crippen molar-refractivity contribution in [2.45, 2.75) is 48.7 Å². The third-order valence-corrected chi connectivity index (χ3v) is 5.75. The molecule has 1 amide bonds. The number of nitrogens with zero attached hydrogens (tertiary/aromatic N) is 4. The van der Waals surface area contributed by atoms with Crippen molar-refractivity contribution < 1.29 is 4.79 Å². The van der Waals surface area contributed by atoms with Gasteiger partial charge in [-0.3, -0.25) is 4.79 Å². The van der Waals surface area contributed by atoms with Gasteiger partial charge in [0.25, 0.3) is 5.91 Å². The fourth-order valence-corrected chi connectivity index (χ4v) is 4.45. The summed E-state index contributed by atoms with van der Waals surface area (Å²) in [7, 11) is 0. The van der Waals surface area contributed by atoms with Gasteiger partial charge in [-0.15, -0.1) is 11.8 Å². The number of rotatable bonds is 3. The Labute approximate surface area is 140 Å². The van der Waals surface area contributed by atoms with Crippen LogP contribution in [0.25, 0.3) is 0 Å². The van der Waals surface area contributed by atoms with Gasteiger partial charge in [-0.1, -0.05) is 6.07 Å². The predicted octanol–water partition coefficient (Wildman–Crippen LogP) is 3.01. The summed E-state index contributed by atoms with van der Waals surface area (Å²) in [4.78, 5) is 18.1. The first-order valence-corrected chi connectivity index (χ1v) is 9.31. The number of carbonyl (C=O) groups is 1. The van der Waals surface area contributed by atoms with Crippen LogP contribution in [0.4, 0.5) is 0 Å². The Morgan fingerprint density at radius 2 is 1.83 bits per heavy atom. The summed E-state index contributed by atoms with van der Waals surface area (Å²) < 4.78 is 0. The molecule has 0 radical (unpaired) electrons. The first-order chi connectivity index (χ1) is 11.3. The van der Waals surface area contributed by atoms with Crippen LogP contribution < -0.4 is 0 Å². The molecule has 2 fully saturated rings. The second-order valence-electron chi connectivity index (χ2n) is 6.30. The van der Waals surface area contributed by atoms with E-state index in [0.717, 1.165) is 36.1 Å².